The lowest BCUT2D eigenvalue weighted by molar-refractivity contribution is 0.0706. The molecule has 22 heavy (non-hydrogen) atoms. The fourth-order valence-corrected chi connectivity index (χ4v) is 5.04. The molecule has 0 radical (unpaired) electrons. The number of hydrogen-bond acceptors (Lipinski definition) is 3. The van der Waals surface area contributed by atoms with Gasteiger partial charge in [-0.1, -0.05) is 26.2 Å². The average Bonchev–Trinajstić information content (AvgIpc) is 2.50. The predicted octanol–water partition coefficient (Wildman–Crippen LogP) is 5.18. The number of rotatable bonds is 14. The molecule has 0 bridgehead atoms. The first-order valence-corrected chi connectivity index (χ1v) is 11.0. The van der Waals surface area contributed by atoms with Gasteiger partial charge in [-0.15, -0.1) is 11.8 Å². The van der Waals surface area contributed by atoms with Crippen molar-refractivity contribution in [3.8, 4) is 11.8 Å². The number of hydrogen-bond donors (Lipinski definition) is 0. The zero-order valence-corrected chi connectivity index (χ0v) is 16.2. The Morgan fingerprint density at radius 3 is 1.64 bits per heavy atom. The second-order valence-electron chi connectivity index (χ2n) is 5.35. The molecule has 0 rings (SSSR count). The highest BCUT2D eigenvalue weighted by molar-refractivity contribution is 6.60. The first-order valence-electron chi connectivity index (χ1n) is 9.12. The van der Waals surface area contributed by atoms with Gasteiger partial charge < -0.3 is 13.3 Å². The molecule has 0 unspecified atom stereocenters. The summed E-state index contributed by atoms with van der Waals surface area (Å²) < 4.78 is 17.6. The molecule has 4 heteroatoms. The van der Waals surface area contributed by atoms with Crippen LogP contribution in [0.15, 0.2) is 0 Å². The predicted molar refractivity (Wildman–Crippen MR) is 95.8 cm³/mol. The van der Waals surface area contributed by atoms with Crippen LogP contribution in [0.4, 0.5) is 0 Å². The largest absolute Gasteiger partial charge is 0.500 e. The van der Waals surface area contributed by atoms with Crippen molar-refractivity contribution in [2.45, 2.75) is 85.1 Å². The zero-order valence-electron chi connectivity index (χ0n) is 15.2. The lowest BCUT2D eigenvalue weighted by Gasteiger charge is -2.28. The smallest absolute Gasteiger partial charge is 0.374 e. The minimum atomic E-state index is -2.41. The van der Waals surface area contributed by atoms with Gasteiger partial charge in [-0.05, 0) is 40.0 Å². The fraction of sp³-hybridized carbons (Fsp3) is 0.889. The lowest BCUT2D eigenvalue weighted by Crippen LogP contribution is -2.45. The standard InChI is InChI=1S/C18H36O3Si/c1-5-9-10-11-12-13-14-15-16-17-18-22(19-6-2,20-7-3)21-8-4/h5-10,13-18H2,1-4H3. The third kappa shape index (κ3) is 11.3. The van der Waals surface area contributed by atoms with Crippen LogP contribution < -0.4 is 0 Å². The van der Waals surface area contributed by atoms with Crippen LogP contribution in [0.2, 0.25) is 6.04 Å². The van der Waals surface area contributed by atoms with Gasteiger partial charge in [0.1, 0.15) is 0 Å². The molecule has 130 valence electrons. The van der Waals surface area contributed by atoms with Crippen molar-refractivity contribution in [2.75, 3.05) is 19.8 Å². The van der Waals surface area contributed by atoms with Gasteiger partial charge in [-0.3, -0.25) is 0 Å². The molecule has 0 aliphatic rings. The fourth-order valence-electron chi connectivity index (χ4n) is 2.35. The molecule has 0 aliphatic heterocycles. The van der Waals surface area contributed by atoms with Crippen molar-refractivity contribution < 1.29 is 13.3 Å². The van der Waals surface area contributed by atoms with Gasteiger partial charge in [-0.2, -0.15) is 0 Å². The average molecular weight is 329 g/mol. The maximum Gasteiger partial charge on any atom is 0.500 e. The van der Waals surface area contributed by atoms with Crippen molar-refractivity contribution >= 4 is 8.80 Å². The summed E-state index contributed by atoms with van der Waals surface area (Å²) in [5, 5.41) is 0. The van der Waals surface area contributed by atoms with Gasteiger partial charge >= 0.3 is 8.80 Å². The van der Waals surface area contributed by atoms with E-state index in [-0.39, 0.29) is 0 Å². The van der Waals surface area contributed by atoms with E-state index in [4.69, 9.17) is 13.3 Å². The SMILES string of the molecule is CCCCC#CCCCCCC[Si](OCC)(OCC)OCC. The van der Waals surface area contributed by atoms with Crippen LogP contribution in [0.25, 0.3) is 0 Å². The second kappa shape index (κ2) is 15.5. The summed E-state index contributed by atoms with van der Waals surface area (Å²) >= 11 is 0. The van der Waals surface area contributed by atoms with Crippen LogP contribution in [0, 0.1) is 11.8 Å². The summed E-state index contributed by atoms with van der Waals surface area (Å²) in [6, 6.07) is 0.935. The van der Waals surface area contributed by atoms with Gasteiger partial charge in [0.25, 0.3) is 0 Å². The monoisotopic (exact) mass is 328 g/mol. The Morgan fingerprint density at radius 1 is 0.636 bits per heavy atom. The Bertz CT molecular complexity index is 279. The molecule has 0 aromatic carbocycles. The minimum Gasteiger partial charge on any atom is -0.374 e. The topological polar surface area (TPSA) is 27.7 Å². The van der Waals surface area contributed by atoms with E-state index in [0.717, 1.165) is 25.3 Å². The minimum absolute atomic E-state index is 0.666. The van der Waals surface area contributed by atoms with E-state index in [1.54, 1.807) is 0 Å². The summed E-state index contributed by atoms with van der Waals surface area (Å²) in [5.74, 6) is 6.52. The maximum absolute atomic E-state index is 5.87. The van der Waals surface area contributed by atoms with Crippen LogP contribution in [0.3, 0.4) is 0 Å². The summed E-state index contributed by atoms with van der Waals surface area (Å²) in [6.07, 6.45) is 9.32. The van der Waals surface area contributed by atoms with Crippen LogP contribution in [0.5, 0.6) is 0 Å². The van der Waals surface area contributed by atoms with Crippen molar-refractivity contribution in [1.82, 2.24) is 0 Å². The van der Waals surface area contributed by atoms with Crippen molar-refractivity contribution in [3.63, 3.8) is 0 Å². The van der Waals surface area contributed by atoms with Crippen LogP contribution in [-0.4, -0.2) is 28.6 Å². The molecule has 0 N–H and O–H groups in total. The Balaban J connectivity index is 3.85. The molecule has 0 saturated heterocycles. The van der Waals surface area contributed by atoms with Gasteiger partial charge in [0, 0.05) is 38.7 Å². The van der Waals surface area contributed by atoms with E-state index in [2.05, 4.69) is 18.8 Å². The number of unbranched alkanes of at least 4 members (excludes halogenated alkanes) is 6. The first-order chi connectivity index (χ1) is 10.7. The van der Waals surface area contributed by atoms with E-state index >= 15 is 0 Å². The van der Waals surface area contributed by atoms with E-state index in [9.17, 15) is 0 Å². The molecule has 0 heterocycles. The lowest BCUT2D eigenvalue weighted by atomic mass is 10.1. The van der Waals surface area contributed by atoms with Crippen molar-refractivity contribution in [3.05, 3.63) is 0 Å². The Kier molecular flexibility index (Phi) is 15.3. The van der Waals surface area contributed by atoms with E-state index in [1.165, 1.54) is 32.1 Å². The van der Waals surface area contributed by atoms with Gasteiger partial charge in [0.15, 0.2) is 0 Å². The van der Waals surface area contributed by atoms with Crippen LogP contribution in [-0.2, 0) is 13.3 Å². The molecular weight excluding hydrogens is 292 g/mol. The Hall–Kier alpha value is -0.343. The van der Waals surface area contributed by atoms with Gasteiger partial charge in [0.2, 0.25) is 0 Å². The summed E-state index contributed by atoms with van der Waals surface area (Å²) in [4.78, 5) is 0. The molecule has 0 spiro atoms. The molecule has 0 aromatic heterocycles. The zero-order chi connectivity index (χ0) is 16.5. The van der Waals surface area contributed by atoms with Gasteiger partial charge in [0.05, 0.1) is 0 Å². The van der Waals surface area contributed by atoms with Crippen LogP contribution >= 0.6 is 0 Å². The molecule has 0 saturated carbocycles. The second-order valence-corrected chi connectivity index (χ2v) is 8.09. The van der Waals surface area contributed by atoms with Crippen molar-refractivity contribution in [1.29, 1.82) is 0 Å². The molecule has 0 aromatic rings. The van der Waals surface area contributed by atoms with E-state index in [0.29, 0.717) is 19.8 Å². The normalized spacial score (nSPS) is 11.3. The quantitative estimate of drug-likeness (QED) is 0.250. The van der Waals surface area contributed by atoms with E-state index < -0.39 is 8.80 Å². The highest BCUT2D eigenvalue weighted by Gasteiger charge is 2.39. The van der Waals surface area contributed by atoms with Gasteiger partial charge in [-0.25, -0.2) is 0 Å². The summed E-state index contributed by atoms with van der Waals surface area (Å²) in [5.41, 5.74) is 0. The molecule has 0 fully saturated rings. The first kappa shape index (κ1) is 21.7. The highest BCUT2D eigenvalue weighted by Crippen LogP contribution is 2.20. The highest BCUT2D eigenvalue weighted by atomic mass is 28.4. The molecule has 0 aliphatic carbocycles. The maximum atomic E-state index is 5.87. The Labute approximate surface area is 139 Å². The third-order valence-electron chi connectivity index (χ3n) is 3.41. The molecule has 0 atom stereocenters. The summed E-state index contributed by atoms with van der Waals surface area (Å²) in [7, 11) is -2.41. The van der Waals surface area contributed by atoms with Crippen molar-refractivity contribution in [2.24, 2.45) is 0 Å². The third-order valence-corrected chi connectivity index (χ3v) is 6.56. The molecule has 3 nitrogen and oxygen atoms in total. The molecule has 0 amide bonds. The summed E-state index contributed by atoms with van der Waals surface area (Å²) in [6.45, 7) is 10.2. The van der Waals surface area contributed by atoms with E-state index in [1.807, 2.05) is 20.8 Å². The van der Waals surface area contributed by atoms with Crippen LogP contribution in [0.1, 0.15) is 79.1 Å². The Morgan fingerprint density at radius 2 is 1.14 bits per heavy atom. The molecular formula is C18H36O3Si.